The average molecular weight is 287 g/mol. The first-order chi connectivity index (χ1) is 8.52. The highest BCUT2D eigenvalue weighted by Crippen LogP contribution is 2.39. The molecular weight excluding hydrogens is 279 g/mol. The normalized spacial score (nSPS) is 10.4. The molecule has 1 N–H and O–H groups in total. The van der Waals surface area contributed by atoms with Crippen LogP contribution in [0.25, 0.3) is 11.3 Å². The van der Waals surface area contributed by atoms with Gasteiger partial charge in [-0.15, -0.1) is 0 Å². The van der Waals surface area contributed by atoms with E-state index in [-0.39, 0.29) is 22.3 Å². The van der Waals surface area contributed by atoms with Gasteiger partial charge in [0.05, 0.1) is 18.2 Å². The van der Waals surface area contributed by atoms with Gasteiger partial charge in [0.1, 0.15) is 0 Å². The number of methoxy groups -OCH3 is 1. The van der Waals surface area contributed by atoms with E-state index in [1.54, 1.807) is 12.1 Å². The highest BCUT2D eigenvalue weighted by atomic mass is 35.5. The van der Waals surface area contributed by atoms with E-state index >= 15 is 0 Å². The van der Waals surface area contributed by atoms with Crippen molar-refractivity contribution in [1.29, 1.82) is 0 Å². The number of ether oxygens (including phenoxy) is 1. The van der Waals surface area contributed by atoms with Crippen LogP contribution in [0.15, 0.2) is 33.5 Å². The highest BCUT2D eigenvalue weighted by molar-refractivity contribution is 6.36. The monoisotopic (exact) mass is 286 g/mol. The topological polar surface area (TPSA) is 59.7 Å². The number of halogens is 2. The summed E-state index contributed by atoms with van der Waals surface area (Å²) >= 11 is 11.8. The van der Waals surface area contributed by atoms with Gasteiger partial charge >= 0.3 is 5.63 Å². The lowest BCUT2D eigenvalue weighted by atomic mass is 10.1. The number of benzene rings is 1. The summed E-state index contributed by atoms with van der Waals surface area (Å²) in [6, 6.07) is 5.59. The molecule has 0 radical (unpaired) electrons. The fraction of sp³-hybridized carbons (Fsp3) is 0.0833. The maximum atomic E-state index is 11.3. The first kappa shape index (κ1) is 12.8. The number of rotatable bonds is 2. The Morgan fingerprint density at radius 3 is 2.61 bits per heavy atom. The fourth-order valence-corrected chi connectivity index (χ4v) is 2.01. The molecule has 0 saturated heterocycles. The van der Waals surface area contributed by atoms with Crippen molar-refractivity contribution in [1.82, 2.24) is 0 Å². The number of hydrogen-bond donors (Lipinski definition) is 1. The van der Waals surface area contributed by atoms with E-state index in [4.69, 9.17) is 32.4 Å². The lowest BCUT2D eigenvalue weighted by Gasteiger charge is -2.09. The minimum absolute atomic E-state index is 0.0406. The molecule has 0 atom stereocenters. The molecule has 1 aromatic carbocycles. The predicted molar refractivity (Wildman–Crippen MR) is 68.7 cm³/mol. The van der Waals surface area contributed by atoms with Gasteiger partial charge < -0.3 is 14.3 Å². The van der Waals surface area contributed by atoms with Crippen molar-refractivity contribution >= 4 is 23.2 Å². The maximum absolute atomic E-state index is 11.3. The molecule has 0 fully saturated rings. The van der Waals surface area contributed by atoms with Crippen LogP contribution < -0.4 is 10.4 Å². The predicted octanol–water partition coefficient (Wildman–Crippen LogP) is 3.33. The van der Waals surface area contributed by atoms with Crippen LogP contribution in [-0.4, -0.2) is 12.2 Å². The molecule has 6 heteroatoms. The molecule has 94 valence electrons. The molecule has 0 aliphatic carbocycles. The third-order valence-electron chi connectivity index (χ3n) is 2.28. The molecule has 18 heavy (non-hydrogen) atoms. The summed E-state index contributed by atoms with van der Waals surface area (Å²) in [6.45, 7) is 0. The smallest absolute Gasteiger partial charge is 0.340 e. The minimum atomic E-state index is -0.700. The Morgan fingerprint density at radius 2 is 2.00 bits per heavy atom. The molecule has 0 unspecified atom stereocenters. The summed E-state index contributed by atoms with van der Waals surface area (Å²) in [4.78, 5) is 11.3. The van der Waals surface area contributed by atoms with Gasteiger partial charge in [-0.1, -0.05) is 23.2 Å². The Bertz CT molecular complexity index is 649. The van der Waals surface area contributed by atoms with E-state index in [2.05, 4.69) is 0 Å². The average Bonchev–Trinajstić information content (AvgIpc) is 2.28. The van der Waals surface area contributed by atoms with Crippen molar-refractivity contribution in [3.05, 3.63) is 44.7 Å². The van der Waals surface area contributed by atoms with Crippen LogP contribution in [0.4, 0.5) is 0 Å². The van der Waals surface area contributed by atoms with E-state index in [1.807, 2.05) is 0 Å². The van der Waals surface area contributed by atoms with Crippen LogP contribution >= 0.6 is 23.2 Å². The van der Waals surface area contributed by atoms with E-state index in [0.29, 0.717) is 10.6 Å². The Labute approximate surface area is 112 Å². The van der Waals surface area contributed by atoms with Crippen molar-refractivity contribution in [3.8, 4) is 22.8 Å². The van der Waals surface area contributed by atoms with E-state index in [1.165, 1.54) is 13.2 Å². The summed E-state index contributed by atoms with van der Waals surface area (Å²) in [6.07, 6.45) is 0. The SMILES string of the molecule is COc1c(O)cc(=O)oc1-c1ccc(Cl)cc1Cl. The zero-order chi connectivity index (χ0) is 13.3. The van der Waals surface area contributed by atoms with Crippen molar-refractivity contribution in [2.75, 3.05) is 7.11 Å². The summed E-state index contributed by atoms with van der Waals surface area (Å²) in [7, 11) is 1.35. The number of aromatic hydroxyl groups is 1. The van der Waals surface area contributed by atoms with Crippen LogP contribution in [0.2, 0.25) is 10.0 Å². The first-order valence-corrected chi connectivity index (χ1v) is 5.65. The van der Waals surface area contributed by atoms with Gasteiger partial charge in [0.2, 0.25) is 5.75 Å². The standard InChI is InChI=1S/C12H8Cl2O4/c1-17-12-9(15)5-10(16)18-11(12)7-3-2-6(13)4-8(7)14/h2-5,15H,1H3. The quantitative estimate of drug-likeness (QED) is 0.920. The maximum Gasteiger partial charge on any atom is 0.340 e. The summed E-state index contributed by atoms with van der Waals surface area (Å²) in [5, 5.41) is 10.4. The Morgan fingerprint density at radius 1 is 1.28 bits per heavy atom. The number of hydrogen-bond acceptors (Lipinski definition) is 4. The molecule has 0 saturated carbocycles. The zero-order valence-corrected chi connectivity index (χ0v) is 10.7. The summed E-state index contributed by atoms with van der Waals surface area (Å²) in [5.74, 6) is -0.210. The van der Waals surface area contributed by atoms with E-state index < -0.39 is 5.63 Å². The molecule has 0 amide bonds. The highest BCUT2D eigenvalue weighted by Gasteiger charge is 2.17. The van der Waals surface area contributed by atoms with Crippen LogP contribution in [0.1, 0.15) is 0 Å². The molecular formula is C12H8Cl2O4. The molecule has 4 nitrogen and oxygen atoms in total. The van der Waals surface area contributed by atoms with Crippen molar-refractivity contribution in [2.45, 2.75) is 0 Å². The summed E-state index contributed by atoms with van der Waals surface area (Å²) in [5.41, 5.74) is -0.291. The first-order valence-electron chi connectivity index (χ1n) is 4.89. The van der Waals surface area contributed by atoms with Crippen LogP contribution in [0, 0.1) is 0 Å². The Kier molecular flexibility index (Phi) is 3.50. The van der Waals surface area contributed by atoms with Crippen LogP contribution in [0.5, 0.6) is 11.5 Å². The third kappa shape index (κ3) is 2.30. The Hall–Kier alpha value is -1.65. The van der Waals surface area contributed by atoms with Gasteiger partial charge in [0.25, 0.3) is 0 Å². The second-order valence-electron chi connectivity index (χ2n) is 3.44. The van der Waals surface area contributed by atoms with Crippen molar-refractivity contribution in [2.24, 2.45) is 0 Å². The van der Waals surface area contributed by atoms with Gasteiger partial charge in [-0.2, -0.15) is 0 Å². The van der Waals surface area contributed by atoms with Crippen molar-refractivity contribution < 1.29 is 14.3 Å². The lowest BCUT2D eigenvalue weighted by Crippen LogP contribution is -2.00. The third-order valence-corrected chi connectivity index (χ3v) is 2.82. The lowest BCUT2D eigenvalue weighted by molar-refractivity contribution is 0.353. The molecule has 2 aromatic rings. The molecule has 2 rings (SSSR count). The second kappa shape index (κ2) is 4.92. The molecule has 1 heterocycles. The second-order valence-corrected chi connectivity index (χ2v) is 4.28. The fourth-order valence-electron chi connectivity index (χ4n) is 1.52. The largest absolute Gasteiger partial charge is 0.504 e. The molecule has 0 bridgehead atoms. The van der Waals surface area contributed by atoms with E-state index in [0.717, 1.165) is 6.07 Å². The van der Waals surface area contributed by atoms with Gasteiger partial charge in [-0.05, 0) is 18.2 Å². The van der Waals surface area contributed by atoms with Crippen LogP contribution in [-0.2, 0) is 0 Å². The van der Waals surface area contributed by atoms with E-state index in [9.17, 15) is 9.90 Å². The molecule has 1 aromatic heterocycles. The van der Waals surface area contributed by atoms with Crippen molar-refractivity contribution in [3.63, 3.8) is 0 Å². The zero-order valence-electron chi connectivity index (χ0n) is 9.24. The van der Waals surface area contributed by atoms with Gasteiger partial charge in [-0.25, -0.2) is 4.79 Å². The van der Waals surface area contributed by atoms with Gasteiger partial charge in [0.15, 0.2) is 11.5 Å². The minimum Gasteiger partial charge on any atom is -0.504 e. The molecule has 0 aliphatic rings. The van der Waals surface area contributed by atoms with Gasteiger partial charge in [0, 0.05) is 10.6 Å². The summed E-state index contributed by atoms with van der Waals surface area (Å²) < 4.78 is 10.0. The Balaban J connectivity index is 2.73. The van der Waals surface area contributed by atoms with Crippen LogP contribution in [0.3, 0.4) is 0 Å². The molecule has 0 spiro atoms. The molecule has 0 aliphatic heterocycles. The van der Waals surface area contributed by atoms with Gasteiger partial charge in [-0.3, -0.25) is 0 Å².